The zero-order valence-corrected chi connectivity index (χ0v) is 20.4. The minimum atomic E-state index is -4.53. The predicted octanol–water partition coefficient (Wildman–Crippen LogP) is 6.46. The molecule has 3 heterocycles. The monoisotopic (exact) mass is 518 g/mol. The van der Waals surface area contributed by atoms with Gasteiger partial charge in [0.2, 0.25) is 0 Å². The van der Waals surface area contributed by atoms with Crippen molar-refractivity contribution < 1.29 is 27.5 Å². The van der Waals surface area contributed by atoms with Gasteiger partial charge in [-0.15, -0.1) is 0 Å². The number of halogens is 4. The van der Waals surface area contributed by atoms with Gasteiger partial charge < -0.3 is 9.67 Å². The van der Waals surface area contributed by atoms with E-state index in [4.69, 9.17) is 5.11 Å². The lowest BCUT2D eigenvalue weighted by Crippen LogP contribution is -2.08. The van der Waals surface area contributed by atoms with Crippen LogP contribution in [-0.2, 0) is 23.1 Å². The fourth-order valence-electron chi connectivity index (χ4n) is 3.86. The molecule has 0 saturated carbocycles. The lowest BCUT2D eigenvalue weighted by atomic mass is 10.1. The molecule has 1 aromatic carbocycles. The highest BCUT2D eigenvalue weighted by atomic mass is 32.2. The van der Waals surface area contributed by atoms with Crippen LogP contribution in [0.3, 0.4) is 0 Å². The normalized spacial score (nSPS) is 12.0. The molecule has 0 atom stereocenters. The molecule has 4 rings (SSSR count). The van der Waals surface area contributed by atoms with E-state index in [2.05, 4.69) is 15.0 Å². The van der Waals surface area contributed by atoms with Crippen LogP contribution in [0.15, 0.2) is 48.0 Å². The maximum Gasteiger partial charge on any atom is 0.418 e. The summed E-state index contributed by atoms with van der Waals surface area (Å²) in [6, 6.07) is 5.37. The number of rotatable bonds is 7. The fraction of sp³-hybridized carbons (Fsp3) is 0.280. The zero-order valence-electron chi connectivity index (χ0n) is 19.6. The Labute approximate surface area is 208 Å². The van der Waals surface area contributed by atoms with Gasteiger partial charge >= 0.3 is 12.1 Å². The first-order valence-electron chi connectivity index (χ1n) is 11.0. The van der Waals surface area contributed by atoms with Crippen LogP contribution in [0.25, 0.3) is 22.2 Å². The summed E-state index contributed by atoms with van der Waals surface area (Å²) in [6.45, 7) is 5.21. The van der Waals surface area contributed by atoms with Crippen LogP contribution in [0.5, 0.6) is 0 Å². The van der Waals surface area contributed by atoms with Crippen LogP contribution < -0.4 is 0 Å². The highest BCUT2D eigenvalue weighted by Gasteiger charge is 2.33. The lowest BCUT2D eigenvalue weighted by Gasteiger charge is -2.11. The Morgan fingerprint density at radius 2 is 1.92 bits per heavy atom. The largest absolute Gasteiger partial charge is 0.481 e. The Kier molecular flexibility index (Phi) is 7.03. The smallest absolute Gasteiger partial charge is 0.418 e. The van der Waals surface area contributed by atoms with E-state index in [0.717, 1.165) is 6.07 Å². The van der Waals surface area contributed by atoms with Gasteiger partial charge in [-0.05, 0) is 44.0 Å². The van der Waals surface area contributed by atoms with E-state index >= 15 is 0 Å². The average Bonchev–Trinajstić information content (AvgIpc) is 3.18. The highest BCUT2D eigenvalue weighted by molar-refractivity contribution is 7.98. The van der Waals surface area contributed by atoms with E-state index in [1.807, 2.05) is 18.4 Å². The quantitative estimate of drug-likeness (QED) is 0.172. The molecule has 11 heteroatoms. The van der Waals surface area contributed by atoms with Crippen molar-refractivity contribution in [3.05, 3.63) is 71.1 Å². The molecule has 0 saturated heterocycles. The molecule has 0 unspecified atom stereocenters. The van der Waals surface area contributed by atoms with Gasteiger partial charge in [-0.25, -0.2) is 14.4 Å². The van der Waals surface area contributed by atoms with Gasteiger partial charge in [0.05, 0.1) is 23.7 Å². The molecule has 0 aliphatic heterocycles. The first-order chi connectivity index (χ1) is 16.9. The number of aromatic nitrogens is 4. The van der Waals surface area contributed by atoms with Crippen molar-refractivity contribution in [1.29, 1.82) is 0 Å². The van der Waals surface area contributed by atoms with Crippen molar-refractivity contribution in [1.82, 2.24) is 19.5 Å². The van der Waals surface area contributed by atoms with Gasteiger partial charge in [0.25, 0.3) is 0 Å². The first-order valence-corrected chi connectivity index (χ1v) is 12.0. The third-order valence-electron chi connectivity index (χ3n) is 5.63. The van der Waals surface area contributed by atoms with Gasteiger partial charge in [0.1, 0.15) is 11.3 Å². The van der Waals surface area contributed by atoms with Crippen molar-refractivity contribution in [3.8, 4) is 11.1 Å². The van der Waals surface area contributed by atoms with Crippen LogP contribution >= 0.6 is 11.8 Å². The Balaban J connectivity index is 1.71. The van der Waals surface area contributed by atoms with Crippen molar-refractivity contribution in [2.75, 3.05) is 0 Å². The number of hydrogen-bond acceptors (Lipinski definition) is 5. The lowest BCUT2D eigenvalue weighted by molar-refractivity contribution is -0.138. The summed E-state index contributed by atoms with van der Waals surface area (Å²) < 4.78 is 56.3. The summed E-state index contributed by atoms with van der Waals surface area (Å²) in [7, 11) is 0. The van der Waals surface area contributed by atoms with Crippen molar-refractivity contribution in [2.45, 2.75) is 50.3 Å². The maximum atomic E-state index is 13.9. The standard InChI is InChI=1S/C25H22F4N4O2S/c1-13(2)33-11-18(17-7-19(25(27,28)29)14(3)30-9-17)23-21(33)10-31-24(32-23)36-12-15-4-5-20(26)16(6-15)8-22(34)35/h4-7,9-11,13H,8,12H2,1-3H3,(H,34,35). The van der Waals surface area contributed by atoms with Crippen LogP contribution in [0, 0.1) is 12.7 Å². The van der Waals surface area contributed by atoms with Gasteiger partial charge in [-0.2, -0.15) is 13.2 Å². The fourth-order valence-corrected chi connectivity index (χ4v) is 4.61. The van der Waals surface area contributed by atoms with Crippen molar-refractivity contribution in [2.24, 2.45) is 0 Å². The highest BCUT2D eigenvalue weighted by Crippen LogP contribution is 2.37. The van der Waals surface area contributed by atoms with Gasteiger partial charge in [0.15, 0.2) is 5.16 Å². The summed E-state index contributed by atoms with van der Waals surface area (Å²) in [6.07, 6.45) is -0.178. The molecule has 0 spiro atoms. The number of aryl methyl sites for hydroxylation is 1. The van der Waals surface area contributed by atoms with E-state index < -0.39 is 29.9 Å². The zero-order chi connectivity index (χ0) is 26.2. The number of aliphatic carboxylic acids is 1. The second-order valence-electron chi connectivity index (χ2n) is 8.57. The first kappa shape index (κ1) is 25.6. The van der Waals surface area contributed by atoms with Crippen molar-refractivity contribution >= 4 is 28.8 Å². The molecule has 4 aromatic rings. The van der Waals surface area contributed by atoms with E-state index in [1.165, 1.54) is 37.0 Å². The average molecular weight is 519 g/mol. The molecular weight excluding hydrogens is 496 g/mol. The third-order valence-corrected chi connectivity index (χ3v) is 6.56. The van der Waals surface area contributed by atoms with Crippen LogP contribution in [0.4, 0.5) is 17.6 Å². The van der Waals surface area contributed by atoms with E-state index in [-0.39, 0.29) is 17.3 Å². The van der Waals surface area contributed by atoms with Gasteiger partial charge in [-0.3, -0.25) is 9.78 Å². The number of alkyl halides is 3. The van der Waals surface area contributed by atoms with Gasteiger partial charge in [0, 0.05) is 41.0 Å². The summed E-state index contributed by atoms with van der Waals surface area (Å²) >= 11 is 1.26. The number of nitrogens with zero attached hydrogens (tertiary/aromatic N) is 4. The summed E-state index contributed by atoms with van der Waals surface area (Å²) in [5.74, 6) is -1.37. The molecule has 0 amide bonds. The molecule has 36 heavy (non-hydrogen) atoms. The summed E-state index contributed by atoms with van der Waals surface area (Å²) in [4.78, 5) is 24.0. The molecule has 0 aliphatic rings. The van der Waals surface area contributed by atoms with Crippen molar-refractivity contribution in [3.63, 3.8) is 0 Å². The minimum absolute atomic E-state index is 0.00992. The Hall–Kier alpha value is -3.47. The second-order valence-corrected chi connectivity index (χ2v) is 9.51. The number of carbonyl (C=O) groups is 1. The number of thioether (sulfide) groups is 1. The molecule has 0 bridgehead atoms. The molecule has 0 aliphatic carbocycles. The molecule has 6 nitrogen and oxygen atoms in total. The topological polar surface area (TPSA) is 80.9 Å². The van der Waals surface area contributed by atoms with Crippen LogP contribution in [0.2, 0.25) is 0 Å². The van der Waals surface area contributed by atoms with Gasteiger partial charge in [-0.1, -0.05) is 23.9 Å². The molecule has 3 aromatic heterocycles. The third kappa shape index (κ3) is 5.35. The van der Waals surface area contributed by atoms with E-state index in [9.17, 15) is 22.4 Å². The predicted molar refractivity (Wildman–Crippen MR) is 128 cm³/mol. The van der Waals surface area contributed by atoms with E-state index in [1.54, 1.807) is 18.5 Å². The number of hydrogen-bond donors (Lipinski definition) is 1. The number of pyridine rings is 1. The summed E-state index contributed by atoms with van der Waals surface area (Å²) in [5, 5.41) is 9.35. The number of carboxylic acids is 1. The number of fused-ring (bicyclic) bond motifs is 1. The minimum Gasteiger partial charge on any atom is -0.481 e. The SMILES string of the molecule is Cc1ncc(-c2cn(C(C)C)c3cnc(SCc4ccc(F)c(CC(=O)O)c4)nc23)cc1C(F)(F)F. The Morgan fingerprint density at radius 1 is 1.17 bits per heavy atom. The molecule has 1 N–H and O–H groups in total. The van der Waals surface area contributed by atoms with E-state index in [0.29, 0.717) is 38.6 Å². The number of carboxylic acid groups (broad SMARTS) is 1. The second kappa shape index (κ2) is 9.88. The molecule has 0 radical (unpaired) electrons. The molecular formula is C25H22F4N4O2S. The van der Waals surface area contributed by atoms with Crippen LogP contribution in [-0.4, -0.2) is 30.6 Å². The molecule has 0 fully saturated rings. The molecule has 188 valence electrons. The van der Waals surface area contributed by atoms with Crippen LogP contribution in [0.1, 0.15) is 42.3 Å². The maximum absolute atomic E-state index is 13.9. The summed E-state index contributed by atoms with van der Waals surface area (Å²) in [5.41, 5.74) is 1.83. The number of benzene rings is 1. The Bertz CT molecular complexity index is 1450. The Morgan fingerprint density at radius 3 is 2.58 bits per heavy atom.